The van der Waals surface area contributed by atoms with Gasteiger partial charge in [-0.15, -0.1) is 0 Å². The molecular formula is C21H20N2O4. The van der Waals surface area contributed by atoms with E-state index >= 15 is 0 Å². The van der Waals surface area contributed by atoms with Crippen molar-refractivity contribution in [3.63, 3.8) is 0 Å². The molecule has 6 heteroatoms. The lowest BCUT2D eigenvalue weighted by molar-refractivity contribution is 0.104. The Morgan fingerprint density at radius 3 is 2.07 bits per heavy atom. The lowest BCUT2D eigenvalue weighted by Gasteiger charge is -2.12. The Morgan fingerprint density at radius 2 is 1.52 bits per heavy atom. The number of rotatable bonds is 6. The van der Waals surface area contributed by atoms with Crippen molar-refractivity contribution >= 4 is 22.9 Å². The van der Waals surface area contributed by atoms with Gasteiger partial charge in [-0.2, -0.15) is 0 Å². The number of hydrogen-bond donors (Lipinski definition) is 0. The molecular weight excluding hydrogens is 344 g/mol. The second-order valence-corrected chi connectivity index (χ2v) is 5.80. The standard InChI is InChI=1S/C21H20N2O4/c1-13-20(23-16-8-6-5-7-15(16)22-13)17(24)10-9-14-11-18(25-2)21(27-4)19(12-14)26-3/h5-12H,1-4H3/b10-9+. The van der Waals surface area contributed by atoms with Crippen LogP contribution in [-0.2, 0) is 0 Å². The van der Waals surface area contributed by atoms with Gasteiger partial charge in [-0.1, -0.05) is 18.2 Å². The molecule has 138 valence electrons. The van der Waals surface area contributed by atoms with Crippen LogP contribution in [-0.4, -0.2) is 37.1 Å². The van der Waals surface area contributed by atoms with Gasteiger partial charge in [-0.3, -0.25) is 4.79 Å². The lowest BCUT2D eigenvalue weighted by atomic mass is 10.1. The minimum atomic E-state index is -0.223. The lowest BCUT2D eigenvalue weighted by Crippen LogP contribution is -2.04. The summed E-state index contributed by atoms with van der Waals surface area (Å²) in [5.41, 5.74) is 3.11. The van der Waals surface area contributed by atoms with Gasteiger partial charge in [0.25, 0.3) is 0 Å². The van der Waals surface area contributed by atoms with Crippen LogP contribution in [0.2, 0.25) is 0 Å². The van der Waals surface area contributed by atoms with Crippen molar-refractivity contribution < 1.29 is 19.0 Å². The van der Waals surface area contributed by atoms with E-state index in [4.69, 9.17) is 14.2 Å². The van der Waals surface area contributed by atoms with Crippen LogP contribution in [0, 0.1) is 6.92 Å². The molecule has 0 saturated heterocycles. The molecule has 0 bridgehead atoms. The van der Waals surface area contributed by atoms with E-state index < -0.39 is 0 Å². The Balaban J connectivity index is 1.94. The molecule has 6 nitrogen and oxygen atoms in total. The van der Waals surface area contributed by atoms with Crippen molar-refractivity contribution in [2.75, 3.05) is 21.3 Å². The Bertz CT molecular complexity index is 1000. The van der Waals surface area contributed by atoms with E-state index in [1.807, 2.05) is 24.3 Å². The van der Waals surface area contributed by atoms with Gasteiger partial charge < -0.3 is 14.2 Å². The Hall–Kier alpha value is -3.41. The fourth-order valence-electron chi connectivity index (χ4n) is 2.77. The number of benzene rings is 2. The van der Waals surface area contributed by atoms with E-state index in [2.05, 4.69) is 9.97 Å². The van der Waals surface area contributed by atoms with Gasteiger partial charge in [0.1, 0.15) is 5.69 Å². The molecule has 0 atom stereocenters. The van der Waals surface area contributed by atoms with E-state index in [1.54, 1.807) is 46.5 Å². The van der Waals surface area contributed by atoms with E-state index in [0.717, 1.165) is 11.1 Å². The number of methoxy groups -OCH3 is 3. The van der Waals surface area contributed by atoms with Crippen molar-refractivity contribution in [2.24, 2.45) is 0 Å². The van der Waals surface area contributed by atoms with Crippen LogP contribution in [0.1, 0.15) is 21.7 Å². The van der Waals surface area contributed by atoms with Crippen molar-refractivity contribution in [3.05, 3.63) is 59.4 Å². The average molecular weight is 364 g/mol. The molecule has 0 saturated carbocycles. The molecule has 0 unspecified atom stereocenters. The summed E-state index contributed by atoms with van der Waals surface area (Å²) in [6.07, 6.45) is 3.15. The topological polar surface area (TPSA) is 70.5 Å². The number of ether oxygens (including phenoxy) is 3. The Morgan fingerprint density at radius 1 is 0.926 bits per heavy atom. The fraction of sp³-hybridized carbons (Fsp3) is 0.190. The highest BCUT2D eigenvalue weighted by Gasteiger charge is 2.14. The summed E-state index contributed by atoms with van der Waals surface area (Å²) < 4.78 is 16.0. The highest BCUT2D eigenvalue weighted by atomic mass is 16.5. The highest BCUT2D eigenvalue weighted by molar-refractivity contribution is 6.07. The number of nitrogens with zero attached hydrogens (tertiary/aromatic N) is 2. The van der Waals surface area contributed by atoms with Gasteiger partial charge in [-0.25, -0.2) is 9.97 Å². The maximum atomic E-state index is 12.6. The fourth-order valence-corrected chi connectivity index (χ4v) is 2.77. The van der Waals surface area contributed by atoms with Crippen LogP contribution in [0.5, 0.6) is 17.2 Å². The van der Waals surface area contributed by atoms with Crippen LogP contribution < -0.4 is 14.2 Å². The Labute approximate surface area is 157 Å². The third-order valence-electron chi connectivity index (χ3n) is 4.09. The second-order valence-electron chi connectivity index (χ2n) is 5.80. The van der Waals surface area contributed by atoms with Crippen molar-refractivity contribution in [1.82, 2.24) is 9.97 Å². The molecule has 0 N–H and O–H groups in total. The first-order valence-electron chi connectivity index (χ1n) is 8.33. The third kappa shape index (κ3) is 3.74. The predicted molar refractivity (Wildman–Crippen MR) is 104 cm³/mol. The number of ketones is 1. The van der Waals surface area contributed by atoms with Gasteiger partial charge in [0.2, 0.25) is 11.5 Å². The van der Waals surface area contributed by atoms with Crippen molar-refractivity contribution in [3.8, 4) is 17.2 Å². The molecule has 0 aliphatic rings. The molecule has 3 rings (SSSR count). The molecule has 0 amide bonds. The summed E-state index contributed by atoms with van der Waals surface area (Å²) in [5.74, 6) is 1.32. The SMILES string of the molecule is COc1cc(/C=C/C(=O)c2nc3ccccc3nc2C)cc(OC)c1OC. The Kier molecular flexibility index (Phi) is 5.35. The quantitative estimate of drug-likeness (QED) is 0.489. The third-order valence-corrected chi connectivity index (χ3v) is 4.09. The number of aromatic nitrogens is 2. The largest absolute Gasteiger partial charge is 0.493 e. The number of allylic oxidation sites excluding steroid dienone is 1. The van der Waals surface area contributed by atoms with Gasteiger partial charge in [0, 0.05) is 0 Å². The number of para-hydroxylation sites is 2. The van der Waals surface area contributed by atoms with Crippen LogP contribution >= 0.6 is 0 Å². The van der Waals surface area contributed by atoms with Crippen LogP contribution in [0.3, 0.4) is 0 Å². The number of carbonyl (C=O) groups excluding carboxylic acids is 1. The van der Waals surface area contributed by atoms with Crippen LogP contribution in [0.4, 0.5) is 0 Å². The average Bonchev–Trinajstić information content (AvgIpc) is 2.70. The molecule has 27 heavy (non-hydrogen) atoms. The van der Waals surface area contributed by atoms with Crippen LogP contribution in [0.25, 0.3) is 17.1 Å². The first-order chi connectivity index (χ1) is 13.1. The number of carbonyl (C=O) groups is 1. The van der Waals surface area contributed by atoms with Gasteiger partial charge in [-0.05, 0) is 42.8 Å². The van der Waals surface area contributed by atoms with Gasteiger partial charge in [0.05, 0.1) is 38.1 Å². The maximum absolute atomic E-state index is 12.6. The van der Waals surface area contributed by atoms with Crippen molar-refractivity contribution in [2.45, 2.75) is 6.92 Å². The molecule has 1 aromatic heterocycles. The zero-order valence-electron chi connectivity index (χ0n) is 15.6. The first-order valence-corrected chi connectivity index (χ1v) is 8.33. The zero-order chi connectivity index (χ0) is 19.4. The van der Waals surface area contributed by atoms with Gasteiger partial charge >= 0.3 is 0 Å². The normalized spacial score (nSPS) is 11.0. The molecule has 2 aromatic carbocycles. The summed E-state index contributed by atoms with van der Waals surface area (Å²) in [4.78, 5) is 21.5. The minimum Gasteiger partial charge on any atom is -0.493 e. The first kappa shape index (κ1) is 18.4. The number of aryl methyl sites for hydroxylation is 1. The second kappa shape index (κ2) is 7.86. The zero-order valence-corrected chi connectivity index (χ0v) is 15.6. The molecule has 0 aliphatic carbocycles. The summed E-state index contributed by atoms with van der Waals surface area (Å²) in [6, 6.07) is 11.0. The highest BCUT2D eigenvalue weighted by Crippen LogP contribution is 2.38. The molecule has 3 aromatic rings. The molecule has 0 aliphatic heterocycles. The predicted octanol–water partition coefficient (Wildman–Crippen LogP) is 3.86. The van der Waals surface area contributed by atoms with E-state index in [0.29, 0.717) is 34.2 Å². The summed E-state index contributed by atoms with van der Waals surface area (Å²) in [6.45, 7) is 1.78. The molecule has 0 radical (unpaired) electrons. The summed E-state index contributed by atoms with van der Waals surface area (Å²) >= 11 is 0. The molecule has 0 fully saturated rings. The number of hydrogen-bond acceptors (Lipinski definition) is 6. The maximum Gasteiger partial charge on any atom is 0.206 e. The summed E-state index contributed by atoms with van der Waals surface area (Å²) in [7, 11) is 4.63. The molecule has 1 heterocycles. The smallest absolute Gasteiger partial charge is 0.206 e. The molecule has 0 spiro atoms. The summed E-state index contributed by atoms with van der Waals surface area (Å²) in [5, 5.41) is 0. The van der Waals surface area contributed by atoms with E-state index in [1.165, 1.54) is 6.08 Å². The van der Waals surface area contributed by atoms with Crippen molar-refractivity contribution in [1.29, 1.82) is 0 Å². The minimum absolute atomic E-state index is 0.223. The van der Waals surface area contributed by atoms with E-state index in [-0.39, 0.29) is 5.78 Å². The van der Waals surface area contributed by atoms with Gasteiger partial charge in [0.15, 0.2) is 11.5 Å². The number of fused-ring (bicyclic) bond motifs is 1. The van der Waals surface area contributed by atoms with Crippen LogP contribution in [0.15, 0.2) is 42.5 Å². The monoisotopic (exact) mass is 364 g/mol. The van der Waals surface area contributed by atoms with E-state index in [9.17, 15) is 4.79 Å².